The topological polar surface area (TPSA) is 16.4 Å². The van der Waals surface area contributed by atoms with Gasteiger partial charge in [0.15, 0.2) is 0 Å². The maximum absolute atomic E-state index is 6.51. The minimum Gasteiger partial charge on any atom is -0.455 e. The van der Waals surface area contributed by atoms with Crippen LogP contribution in [0.1, 0.15) is 0 Å². The monoisotopic (exact) mass is 491 g/mol. The van der Waals surface area contributed by atoms with E-state index >= 15 is 0 Å². The van der Waals surface area contributed by atoms with Crippen molar-refractivity contribution in [1.82, 2.24) is 0 Å². The normalized spacial score (nSPS) is 11.8. The van der Waals surface area contributed by atoms with Crippen LogP contribution in [0.25, 0.3) is 52.9 Å². The standard InChI is InChI=1S/C34H21NOS/c1-2-9-23(10-3-1)35(25-16-19-29-28-12-6-7-13-32(28)37-33(29)21-25)24-15-18-27-30-17-14-22-8-4-5-11-26(22)34(30)36-31(27)20-24/h1-21H. The van der Waals surface area contributed by atoms with Crippen LogP contribution in [0.15, 0.2) is 132 Å². The average molecular weight is 492 g/mol. The number of rotatable bonds is 3. The first-order valence-corrected chi connectivity index (χ1v) is 13.3. The molecular formula is C34H21NOS. The van der Waals surface area contributed by atoms with Crippen LogP contribution >= 0.6 is 11.3 Å². The molecule has 0 aliphatic carbocycles. The predicted octanol–water partition coefficient (Wildman–Crippen LogP) is 10.6. The van der Waals surface area contributed by atoms with Crippen LogP contribution in [0, 0.1) is 0 Å². The van der Waals surface area contributed by atoms with E-state index in [9.17, 15) is 0 Å². The summed E-state index contributed by atoms with van der Waals surface area (Å²) in [4.78, 5) is 2.31. The number of para-hydroxylation sites is 1. The molecule has 6 aromatic carbocycles. The molecule has 0 saturated heterocycles. The van der Waals surface area contributed by atoms with Crippen molar-refractivity contribution in [3.05, 3.63) is 127 Å². The van der Waals surface area contributed by atoms with Gasteiger partial charge in [0.2, 0.25) is 0 Å². The van der Waals surface area contributed by atoms with Crippen molar-refractivity contribution in [2.24, 2.45) is 0 Å². The van der Waals surface area contributed by atoms with Crippen molar-refractivity contribution in [2.45, 2.75) is 0 Å². The van der Waals surface area contributed by atoms with E-state index in [0.717, 1.165) is 44.4 Å². The smallest absolute Gasteiger partial charge is 0.143 e. The highest BCUT2D eigenvalue weighted by atomic mass is 32.1. The van der Waals surface area contributed by atoms with Gasteiger partial charge in [0.1, 0.15) is 11.2 Å². The molecule has 0 aliphatic heterocycles. The second kappa shape index (κ2) is 7.95. The summed E-state index contributed by atoms with van der Waals surface area (Å²) in [5, 5.41) is 7.24. The number of hydrogen-bond acceptors (Lipinski definition) is 3. The molecule has 2 nitrogen and oxygen atoms in total. The fraction of sp³-hybridized carbons (Fsp3) is 0. The number of furan rings is 1. The predicted molar refractivity (Wildman–Crippen MR) is 159 cm³/mol. The van der Waals surface area contributed by atoms with Gasteiger partial charge in [-0.3, -0.25) is 0 Å². The molecule has 0 aliphatic rings. The minimum absolute atomic E-state index is 0.896. The Balaban J connectivity index is 1.35. The third kappa shape index (κ3) is 3.18. The van der Waals surface area contributed by atoms with Crippen LogP contribution < -0.4 is 4.90 Å². The molecular weight excluding hydrogens is 470 g/mol. The zero-order chi connectivity index (χ0) is 24.3. The molecule has 0 saturated carbocycles. The quantitative estimate of drug-likeness (QED) is 0.244. The van der Waals surface area contributed by atoms with Crippen molar-refractivity contribution in [3.8, 4) is 0 Å². The molecule has 0 fully saturated rings. The lowest BCUT2D eigenvalue weighted by atomic mass is 10.1. The third-order valence-corrected chi connectivity index (χ3v) is 8.37. The number of anilines is 3. The van der Waals surface area contributed by atoms with Crippen molar-refractivity contribution < 1.29 is 4.42 Å². The van der Waals surface area contributed by atoms with Gasteiger partial charge in [0, 0.05) is 59.5 Å². The van der Waals surface area contributed by atoms with Gasteiger partial charge in [-0.15, -0.1) is 11.3 Å². The first-order valence-electron chi connectivity index (χ1n) is 12.4. The molecule has 3 heteroatoms. The molecule has 0 spiro atoms. The molecule has 2 aromatic heterocycles. The summed E-state index contributed by atoms with van der Waals surface area (Å²) >= 11 is 1.85. The number of fused-ring (bicyclic) bond motifs is 8. The Hall–Kier alpha value is -4.60. The summed E-state index contributed by atoms with van der Waals surface area (Å²) in [5.41, 5.74) is 5.16. The van der Waals surface area contributed by atoms with E-state index in [4.69, 9.17) is 4.42 Å². The van der Waals surface area contributed by atoms with Crippen LogP contribution in [0.5, 0.6) is 0 Å². The van der Waals surface area contributed by atoms with Gasteiger partial charge < -0.3 is 9.32 Å². The first-order chi connectivity index (χ1) is 18.3. The lowest BCUT2D eigenvalue weighted by Crippen LogP contribution is -2.09. The SMILES string of the molecule is c1ccc(N(c2ccc3c(c2)oc2c4ccccc4ccc32)c2ccc3c(c2)sc2ccccc23)cc1. The number of thiophene rings is 1. The molecule has 0 unspecified atom stereocenters. The molecule has 0 bridgehead atoms. The van der Waals surface area contributed by atoms with Gasteiger partial charge in [-0.05, 0) is 53.9 Å². The fourth-order valence-corrected chi connectivity index (χ4v) is 6.65. The minimum atomic E-state index is 0.896. The second-order valence-electron chi connectivity index (χ2n) is 9.40. The van der Waals surface area contributed by atoms with Crippen molar-refractivity contribution in [1.29, 1.82) is 0 Å². The van der Waals surface area contributed by atoms with Crippen LogP contribution in [-0.4, -0.2) is 0 Å². The molecule has 37 heavy (non-hydrogen) atoms. The zero-order valence-electron chi connectivity index (χ0n) is 19.9. The Bertz CT molecular complexity index is 2100. The maximum atomic E-state index is 6.51. The fourth-order valence-electron chi connectivity index (χ4n) is 5.51. The summed E-state index contributed by atoms with van der Waals surface area (Å²) in [6, 6.07) is 45.3. The summed E-state index contributed by atoms with van der Waals surface area (Å²) in [7, 11) is 0. The largest absolute Gasteiger partial charge is 0.455 e. The lowest BCUT2D eigenvalue weighted by Gasteiger charge is -2.25. The van der Waals surface area contributed by atoms with E-state index in [-0.39, 0.29) is 0 Å². The zero-order valence-corrected chi connectivity index (χ0v) is 20.7. The van der Waals surface area contributed by atoms with Crippen molar-refractivity contribution in [3.63, 3.8) is 0 Å². The maximum Gasteiger partial charge on any atom is 0.143 e. The molecule has 0 atom stereocenters. The van der Waals surface area contributed by atoms with Gasteiger partial charge in [0.25, 0.3) is 0 Å². The Morgan fingerprint density at radius 2 is 1.14 bits per heavy atom. The first kappa shape index (κ1) is 20.6. The molecule has 0 radical (unpaired) electrons. The Morgan fingerprint density at radius 1 is 0.459 bits per heavy atom. The van der Waals surface area contributed by atoms with Gasteiger partial charge in [-0.2, -0.15) is 0 Å². The van der Waals surface area contributed by atoms with Crippen molar-refractivity contribution in [2.75, 3.05) is 4.90 Å². The Kier molecular flexibility index (Phi) is 4.42. The Morgan fingerprint density at radius 3 is 2.03 bits per heavy atom. The third-order valence-electron chi connectivity index (χ3n) is 7.24. The van der Waals surface area contributed by atoms with Gasteiger partial charge >= 0.3 is 0 Å². The number of hydrogen-bond donors (Lipinski definition) is 0. The van der Waals surface area contributed by atoms with E-state index in [1.807, 2.05) is 11.3 Å². The van der Waals surface area contributed by atoms with E-state index < -0.39 is 0 Å². The summed E-state index contributed by atoms with van der Waals surface area (Å²) in [5.74, 6) is 0. The highest BCUT2D eigenvalue weighted by Crippen LogP contribution is 2.42. The van der Waals surface area contributed by atoms with Gasteiger partial charge in [-0.1, -0.05) is 72.8 Å². The molecule has 2 heterocycles. The molecule has 0 amide bonds. The van der Waals surface area contributed by atoms with E-state index in [1.165, 1.54) is 25.6 Å². The molecule has 8 rings (SSSR count). The molecule has 0 N–H and O–H groups in total. The second-order valence-corrected chi connectivity index (χ2v) is 10.5. The van der Waals surface area contributed by atoms with Gasteiger partial charge in [0.05, 0.1) is 0 Å². The van der Waals surface area contributed by atoms with Gasteiger partial charge in [-0.25, -0.2) is 0 Å². The molecule has 174 valence electrons. The highest BCUT2D eigenvalue weighted by molar-refractivity contribution is 7.25. The highest BCUT2D eigenvalue weighted by Gasteiger charge is 2.17. The van der Waals surface area contributed by atoms with E-state index in [1.54, 1.807) is 0 Å². The lowest BCUT2D eigenvalue weighted by molar-refractivity contribution is 0.672. The van der Waals surface area contributed by atoms with Crippen molar-refractivity contribution >= 4 is 81.3 Å². The van der Waals surface area contributed by atoms with Crippen LogP contribution in [-0.2, 0) is 0 Å². The summed E-state index contributed by atoms with van der Waals surface area (Å²) in [6.45, 7) is 0. The summed E-state index contributed by atoms with van der Waals surface area (Å²) in [6.07, 6.45) is 0. The Labute approximate surface area is 217 Å². The number of benzene rings is 6. The van der Waals surface area contributed by atoms with Crippen LogP contribution in [0.2, 0.25) is 0 Å². The number of nitrogens with zero attached hydrogens (tertiary/aromatic N) is 1. The molecule has 8 aromatic rings. The average Bonchev–Trinajstić information content (AvgIpc) is 3.51. The summed E-state index contributed by atoms with van der Waals surface area (Å²) < 4.78 is 9.12. The van der Waals surface area contributed by atoms with Crippen LogP contribution in [0.3, 0.4) is 0 Å². The van der Waals surface area contributed by atoms with E-state index in [2.05, 4.69) is 132 Å². The van der Waals surface area contributed by atoms with E-state index in [0.29, 0.717) is 0 Å². The van der Waals surface area contributed by atoms with Crippen LogP contribution in [0.4, 0.5) is 17.1 Å².